The fourth-order valence-electron chi connectivity index (χ4n) is 2.71. The average Bonchev–Trinajstić information content (AvgIpc) is 2.61. The van der Waals surface area contributed by atoms with Crippen LogP contribution in [0.3, 0.4) is 0 Å². The number of ether oxygens (including phenoxy) is 6. The number of fused-ring (bicyclic) bond motifs is 1. The molecule has 0 saturated heterocycles. The van der Waals surface area contributed by atoms with Gasteiger partial charge in [-0.2, -0.15) is 0 Å². The van der Waals surface area contributed by atoms with Crippen molar-refractivity contribution in [2.75, 3.05) is 66.1 Å². The molecule has 0 unspecified atom stereocenters. The van der Waals surface area contributed by atoms with E-state index >= 15 is 0 Å². The third-order valence-electron chi connectivity index (χ3n) is 4.04. The molecule has 26 heavy (non-hydrogen) atoms. The van der Waals surface area contributed by atoms with Crippen molar-refractivity contribution in [1.29, 1.82) is 0 Å². The van der Waals surface area contributed by atoms with Gasteiger partial charge < -0.3 is 28.4 Å². The van der Waals surface area contributed by atoms with Crippen molar-refractivity contribution in [3.63, 3.8) is 0 Å². The molecule has 0 aromatic heterocycles. The van der Waals surface area contributed by atoms with Crippen LogP contribution >= 0.6 is 0 Å². The second-order valence-corrected chi connectivity index (χ2v) is 6.46. The summed E-state index contributed by atoms with van der Waals surface area (Å²) in [5.41, 5.74) is 2.46. The van der Waals surface area contributed by atoms with E-state index in [1.807, 2.05) is 6.07 Å². The van der Waals surface area contributed by atoms with Gasteiger partial charge in [-0.1, -0.05) is 13.8 Å². The summed E-state index contributed by atoms with van der Waals surface area (Å²) in [6, 6.07) is 4.12. The highest BCUT2D eigenvalue weighted by Crippen LogP contribution is 2.34. The standard InChI is InChI=1S/C20H32O6/c1-16(2)18-15-20-19(14-17(18)3)25-12-10-23-8-6-21-4-5-22-7-9-24-11-13-26-20/h14-16H,4-13H2,1-3H3. The van der Waals surface area contributed by atoms with Gasteiger partial charge in [-0.05, 0) is 36.1 Å². The number of benzene rings is 1. The van der Waals surface area contributed by atoms with Crippen LogP contribution in [-0.2, 0) is 18.9 Å². The smallest absolute Gasteiger partial charge is 0.161 e. The van der Waals surface area contributed by atoms with Crippen molar-refractivity contribution >= 4 is 0 Å². The van der Waals surface area contributed by atoms with Crippen LogP contribution < -0.4 is 9.47 Å². The SMILES string of the molecule is Cc1cc2c(cc1C(C)C)OCCOCCOCCOCCOCCO2. The Balaban J connectivity index is 1.99. The maximum Gasteiger partial charge on any atom is 0.161 e. The Labute approximate surface area is 156 Å². The molecule has 0 saturated carbocycles. The first kappa shape index (κ1) is 21.0. The van der Waals surface area contributed by atoms with E-state index in [1.165, 1.54) is 11.1 Å². The molecule has 1 heterocycles. The van der Waals surface area contributed by atoms with Crippen LogP contribution in [0.4, 0.5) is 0 Å². The van der Waals surface area contributed by atoms with Crippen LogP contribution in [0.25, 0.3) is 0 Å². The zero-order valence-corrected chi connectivity index (χ0v) is 16.3. The minimum Gasteiger partial charge on any atom is -0.487 e. The van der Waals surface area contributed by atoms with Crippen molar-refractivity contribution in [2.24, 2.45) is 0 Å². The van der Waals surface area contributed by atoms with E-state index in [0.29, 0.717) is 72.0 Å². The Bertz CT molecular complexity index is 517. The predicted octanol–water partition coefficient (Wildman–Crippen LogP) is 2.96. The van der Waals surface area contributed by atoms with Crippen LogP contribution in [0.1, 0.15) is 30.9 Å². The van der Waals surface area contributed by atoms with Crippen LogP contribution in [0.2, 0.25) is 0 Å². The Kier molecular flexibility index (Phi) is 9.77. The molecule has 0 aliphatic carbocycles. The van der Waals surface area contributed by atoms with E-state index in [1.54, 1.807) is 0 Å². The minimum absolute atomic E-state index is 0.425. The largest absolute Gasteiger partial charge is 0.487 e. The number of aryl methyl sites for hydroxylation is 1. The van der Waals surface area contributed by atoms with E-state index in [2.05, 4.69) is 26.8 Å². The van der Waals surface area contributed by atoms with E-state index in [0.717, 1.165) is 11.5 Å². The molecule has 0 radical (unpaired) electrons. The van der Waals surface area contributed by atoms with Crippen molar-refractivity contribution in [3.8, 4) is 11.5 Å². The maximum absolute atomic E-state index is 5.93. The van der Waals surface area contributed by atoms with Gasteiger partial charge >= 0.3 is 0 Å². The molecule has 0 fully saturated rings. The molecular formula is C20H32O6. The van der Waals surface area contributed by atoms with Crippen molar-refractivity contribution in [1.82, 2.24) is 0 Å². The molecule has 148 valence electrons. The molecule has 0 spiro atoms. The molecule has 6 nitrogen and oxygen atoms in total. The van der Waals surface area contributed by atoms with Crippen LogP contribution in [0, 0.1) is 6.92 Å². The lowest BCUT2D eigenvalue weighted by molar-refractivity contribution is -0.00842. The minimum atomic E-state index is 0.425. The summed E-state index contributed by atoms with van der Waals surface area (Å²) in [6.07, 6.45) is 0. The van der Waals surface area contributed by atoms with Gasteiger partial charge in [0.1, 0.15) is 13.2 Å². The van der Waals surface area contributed by atoms with E-state index < -0.39 is 0 Å². The first-order valence-corrected chi connectivity index (χ1v) is 9.39. The average molecular weight is 368 g/mol. The van der Waals surface area contributed by atoms with Gasteiger partial charge in [-0.25, -0.2) is 0 Å². The zero-order valence-electron chi connectivity index (χ0n) is 16.3. The van der Waals surface area contributed by atoms with Crippen molar-refractivity contribution in [3.05, 3.63) is 23.3 Å². The third-order valence-corrected chi connectivity index (χ3v) is 4.04. The fourth-order valence-corrected chi connectivity index (χ4v) is 2.71. The molecule has 6 heteroatoms. The van der Waals surface area contributed by atoms with Gasteiger partial charge in [0.2, 0.25) is 0 Å². The van der Waals surface area contributed by atoms with Gasteiger partial charge in [-0.3, -0.25) is 0 Å². The molecule has 1 aliphatic rings. The van der Waals surface area contributed by atoms with Crippen molar-refractivity contribution in [2.45, 2.75) is 26.7 Å². The maximum atomic E-state index is 5.93. The number of hydrogen-bond donors (Lipinski definition) is 0. The Hall–Kier alpha value is -1.34. The molecule has 1 aliphatic heterocycles. The topological polar surface area (TPSA) is 55.4 Å². The summed E-state index contributed by atoms with van der Waals surface area (Å²) in [5, 5.41) is 0. The predicted molar refractivity (Wildman–Crippen MR) is 99.5 cm³/mol. The molecule has 0 N–H and O–H groups in total. The van der Waals surface area contributed by atoms with Gasteiger partial charge in [-0.15, -0.1) is 0 Å². The monoisotopic (exact) mass is 368 g/mol. The highest BCUT2D eigenvalue weighted by molar-refractivity contribution is 5.48. The first-order valence-electron chi connectivity index (χ1n) is 9.39. The second kappa shape index (κ2) is 12.1. The molecule has 1 aromatic rings. The summed E-state index contributed by atoms with van der Waals surface area (Å²) >= 11 is 0. The molecular weight excluding hydrogens is 336 g/mol. The lowest BCUT2D eigenvalue weighted by Crippen LogP contribution is -2.16. The fraction of sp³-hybridized carbons (Fsp3) is 0.700. The van der Waals surface area contributed by atoms with Crippen LogP contribution in [0.15, 0.2) is 12.1 Å². The third kappa shape index (κ3) is 7.50. The molecule has 0 amide bonds. The quantitative estimate of drug-likeness (QED) is 0.760. The second-order valence-electron chi connectivity index (χ2n) is 6.46. The van der Waals surface area contributed by atoms with Crippen LogP contribution in [-0.4, -0.2) is 66.1 Å². The summed E-state index contributed by atoms with van der Waals surface area (Å²) < 4.78 is 33.8. The summed E-state index contributed by atoms with van der Waals surface area (Å²) in [6.45, 7) is 11.7. The zero-order chi connectivity index (χ0) is 18.6. The van der Waals surface area contributed by atoms with Gasteiger partial charge in [0.05, 0.1) is 52.9 Å². The molecule has 0 atom stereocenters. The Morgan fingerprint density at radius 3 is 1.42 bits per heavy atom. The highest BCUT2D eigenvalue weighted by atomic mass is 16.6. The number of hydrogen-bond acceptors (Lipinski definition) is 6. The van der Waals surface area contributed by atoms with Gasteiger partial charge in [0, 0.05) is 0 Å². The van der Waals surface area contributed by atoms with Crippen molar-refractivity contribution < 1.29 is 28.4 Å². The van der Waals surface area contributed by atoms with Crippen LogP contribution in [0.5, 0.6) is 11.5 Å². The first-order chi connectivity index (χ1) is 12.7. The van der Waals surface area contributed by atoms with E-state index in [4.69, 9.17) is 28.4 Å². The Morgan fingerprint density at radius 2 is 1.00 bits per heavy atom. The summed E-state index contributed by atoms with van der Waals surface area (Å²) in [4.78, 5) is 0. The Morgan fingerprint density at radius 1 is 0.615 bits per heavy atom. The molecule has 2 rings (SSSR count). The number of rotatable bonds is 1. The van der Waals surface area contributed by atoms with Gasteiger partial charge in [0.15, 0.2) is 11.5 Å². The summed E-state index contributed by atoms with van der Waals surface area (Å²) in [5.74, 6) is 1.92. The lowest BCUT2D eigenvalue weighted by Gasteiger charge is -2.18. The molecule has 0 bridgehead atoms. The summed E-state index contributed by atoms with van der Waals surface area (Å²) in [7, 11) is 0. The normalized spacial score (nSPS) is 18.9. The van der Waals surface area contributed by atoms with E-state index in [9.17, 15) is 0 Å². The highest BCUT2D eigenvalue weighted by Gasteiger charge is 2.12. The van der Waals surface area contributed by atoms with E-state index in [-0.39, 0.29) is 0 Å². The van der Waals surface area contributed by atoms with Gasteiger partial charge in [0.25, 0.3) is 0 Å². The molecule has 1 aromatic carbocycles. The lowest BCUT2D eigenvalue weighted by atomic mass is 9.97.